The zero-order valence-electron chi connectivity index (χ0n) is 15.0. The number of carbonyl (C=O) groups is 1. The van der Waals surface area contributed by atoms with Gasteiger partial charge in [0.05, 0.1) is 21.6 Å². The van der Waals surface area contributed by atoms with Crippen molar-refractivity contribution in [1.82, 2.24) is 14.9 Å². The molecule has 136 valence electrons. The van der Waals surface area contributed by atoms with E-state index in [1.54, 1.807) is 11.3 Å². The minimum atomic E-state index is 0.213. The summed E-state index contributed by atoms with van der Waals surface area (Å²) in [4.78, 5) is 23.1. The monoisotopic (exact) mass is 375 g/mol. The van der Waals surface area contributed by atoms with E-state index in [4.69, 9.17) is 4.98 Å². The molecule has 0 bridgehead atoms. The van der Waals surface area contributed by atoms with Crippen LogP contribution in [0.25, 0.3) is 21.1 Å². The predicted octanol–water partition coefficient (Wildman–Crippen LogP) is 4.73. The number of piperidine rings is 1. The Labute approximate surface area is 161 Å². The molecule has 0 unspecified atom stereocenters. The van der Waals surface area contributed by atoms with E-state index in [0.29, 0.717) is 12.3 Å². The standard InChI is InChI=1S/C22H21N3OS/c26-21(12-16-13-23-18-8-2-1-7-17(16)18)25-11-5-6-15(14-25)22-24-19-9-3-4-10-20(19)27-22/h1-4,7-10,13,15,23H,5-6,11-12,14H2/t15-/m0/s1. The third-order valence-corrected chi connectivity index (χ3v) is 6.65. The number of aromatic amines is 1. The highest BCUT2D eigenvalue weighted by molar-refractivity contribution is 7.18. The van der Waals surface area contributed by atoms with Crippen molar-refractivity contribution in [3.8, 4) is 0 Å². The molecule has 1 aliphatic heterocycles. The van der Waals surface area contributed by atoms with E-state index in [2.05, 4.69) is 29.2 Å². The highest BCUT2D eigenvalue weighted by Crippen LogP contribution is 2.33. The molecule has 1 fully saturated rings. The molecular weight excluding hydrogens is 354 g/mol. The Morgan fingerprint density at radius 1 is 1.19 bits per heavy atom. The fourth-order valence-electron chi connectivity index (χ4n) is 4.02. The summed E-state index contributed by atoms with van der Waals surface area (Å²) in [6, 6.07) is 16.4. The van der Waals surface area contributed by atoms with Gasteiger partial charge in [-0.1, -0.05) is 30.3 Å². The van der Waals surface area contributed by atoms with Crippen molar-refractivity contribution in [3.63, 3.8) is 0 Å². The van der Waals surface area contributed by atoms with E-state index in [1.165, 1.54) is 9.71 Å². The van der Waals surface area contributed by atoms with Gasteiger partial charge in [-0.25, -0.2) is 4.98 Å². The molecule has 4 aromatic rings. The molecule has 1 N–H and O–H groups in total. The van der Waals surface area contributed by atoms with Crippen molar-refractivity contribution in [2.45, 2.75) is 25.2 Å². The van der Waals surface area contributed by atoms with Crippen LogP contribution in [0.5, 0.6) is 0 Å². The molecule has 1 atom stereocenters. The summed E-state index contributed by atoms with van der Waals surface area (Å²) in [5, 5.41) is 2.31. The quantitative estimate of drug-likeness (QED) is 0.563. The first-order valence-electron chi connectivity index (χ1n) is 9.46. The van der Waals surface area contributed by atoms with Crippen molar-refractivity contribution in [2.75, 3.05) is 13.1 Å². The van der Waals surface area contributed by atoms with E-state index in [9.17, 15) is 4.79 Å². The third-order valence-electron chi connectivity index (χ3n) is 5.45. The number of hydrogen-bond acceptors (Lipinski definition) is 3. The van der Waals surface area contributed by atoms with E-state index in [1.807, 2.05) is 35.4 Å². The highest BCUT2D eigenvalue weighted by atomic mass is 32.1. The lowest BCUT2D eigenvalue weighted by atomic mass is 9.98. The van der Waals surface area contributed by atoms with Gasteiger partial charge < -0.3 is 9.88 Å². The highest BCUT2D eigenvalue weighted by Gasteiger charge is 2.27. The summed E-state index contributed by atoms with van der Waals surface area (Å²) in [5.74, 6) is 0.564. The molecule has 5 rings (SSSR count). The summed E-state index contributed by atoms with van der Waals surface area (Å²) in [7, 11) is 0. The van der Waals surface area contributed by atoms with Crippen LogP contribution in [0.4, 0.5) is 0 Å². The first-order valence-corrected chi connectivity index (χ1v) is 10.3. The van der Waals surface area contributed by atoms with Gasteiger partial charge in [0.15, 0.2) is 0 Å². The van der Waals surface area contributed by atoms with Crippen molar-refractivity contribution >= 4 is 38.4 Å². The van der Waals surface area contributed by atoms with Crippen LogP contribution in [0, 0.1) is 0 Å². The lowest BCUT2D eigenvalue weighted by molar-refractivity contribution is -0.131. The first-order chi connectivity index (χ1) is 13.3. The maximum Gasteiger partial charge on any atom is 0.227 e. The fraction of sp³-hybridized carbons (Fsp3) is 0.273. The van der Waals surface area contributed by atoms with Crippen LogP contribution >= 0.6 is 11.3 Å². The molecule has 0 aliphatic carbocycles. The number of thiazole rings is 1. The number of likely N-dealkylation sites (tertiary alicyclic amines) is 1. The van der Waals surface area contributed by atoms with Crippen molar-refractivity contribution < 1.29 is 4.79 Å². The van der Waals surface area contributed by atoms with E-state index >= 15 is 0 Å². The number of nitrogens with zero attached hydrogens (tertiary/aromatic N) is 2. The number of fused-ring (bicyclic) bond motifs is 2. The Bertz CT molecular complexity index is 1080. The average molecular weight is 375 g/mol. The maximum absolute atomic E-state index is 13.0. The number of hydrogen-bond donors (Lipinski definition) is 1. The molecule has 4 nitrogen and oxygen atoms in total. The first kappa shape index (κ1) is 16.5. The van der Waals surface area contributed by atoms with Gasteiger partial charge in [0.1, 0.15) is 0 Å². The molecule has 3 heterocycles. The van der Waals surface area contributed by atoms with Gasteiger partial charge in [-0.15, -0.1) is 11.3 Å². The van der Waals surface area contributed by atoms with Gasteiger partial charge in [0.2, 0.25) is 5.91 Å². The molecule has 2 aromatic heterocycles. The van der Waals surface area contributed by atoms with Gasteiger partial charge in [-0.3, -0.25) is 4.79 Å². The number of H-pyrrole nitrogens is 1. The number of para-hydroxylation sites is 2. The lowest BCUT2D eigenvalue weighted by Crippen LogP contribution is -2.39. The van der Waals surface area contributed by atoms with Crippen LogP contribution in [0.15, 0.2) is 54.7 Å². The molecule has 1 saturated heterocycles. The Balaban J connectivity index is 1.33. The molecule has 0 spiro atoms. The summed E-state index contributed by atoms with van der Waals surface area (Å²) < 4.78 is 1.23. The fourth-order valence-corrected chi connectivity index (χ4v) is 5.12. The zero-order valence-corrected chi connectivity index (χ0v) is 15.8. The van der Waals surface area contributed by atoms with E-state index in [-0.39, 0.29) is 5.91 Å². The summed E-state index contributed by atoms with van der Waals surface area (Å²) in [5.41, 5.74) is 3.24. The molecular formula is C22H21N3OS. The summed E-state index contributed by atoms with van der Waals surface area (Å²) >= 11 is 1.77. The summed E-state index contributed by atoms with van der Waals surface area (Å²) in [6.07, 6.45) is 4.57. The number of carbonyl (C=O) groups excluding carboxylic acids is 1. The van der Waals surface area contributed by atoms with Crippen LogP contribution in [0.3, 0.4) is 0 Å². The van der Waals surface area contributed by atoms with Gasteiger partial charge in [0.25, 0.3) is 0 Å². The van der Waals surface area contributed by atoms with Crippen LogP contribution in [0.2, 0.25) is 0 Å². The molecule has 0 saturated carbocycles. The number of benzene rings is 2. The predicted molar refractivity (Wildman–Crippen MR) is 110 cm³/mol. The van der Waals surface area contributed by atoms with E-state index in [0.717, 1.165) is 47.9 Å². The van der Waals surface area contributed by atoms with Gasteiger partial charge in [-0.2, -0.15) is 0 Å². The number of amides is 1. The van der Waals surface area contributed by atoms with E-state index < -0.39 is 0 Å². The van der Waals surface area contributed by atoms with Gasteiger partial charge in [-0.05, 0) is 36.6 Å². The van der Waals surface area contributed by atoms with Crippen LogP contribution in [-0.4, -0.2) is 33.9 Å². The normalized spacial score (nSPS) is 17.6. The second kappa shape index (κ2) is 6.82. The molecule has 5 heteroatoms. The molecule has 1 aliphatic rings. The summed E-state index contributed by atoms with van der Waals surface area (Å²) in [6.45, 7) is 1.63. The molecule has 27 heavy (non-hydrogen) atoms. The van der Waals surface area contributed by atoms with Crippen molar-refractivity contribution in [2.24, 2.45) is 0 Å². The minimum Gasteiger partial charge on any atom is -0.361 e. The number of rotatable bonds is 3. The molecule has 1 amide bonds. The SMILES string of the molecule is O=C(Cc1c[nH]c2ccccc12)N1CCC[C@H](c2nc3ccccc3s2)C1. The second-order valence-electron chi connectivity index (χ2n) is 7.24. The topological polar surface area (TPSA) is 49.0 Å². The second-order valence-corrected chi connectivity index (χ2v) is 8.30. The molecule has 2 aromatic carbocycles. The van der Waals surface area contributed by atoms with Crippen molar-refractivity contribution in [1.29, 1.82) is 0 Å². The van der Waals surface area contributed by atoms with Crippen LogP contribution in [0.1, 0.15) is 29.3 Å². The number of nitrogens with one attached hydrogen (secondary N) is 1. The number of aromatic nitrogens is 2. The molecule has 0 radical (unpaired) electrons. The van der Waals surface area contributed by atoms with Crippen molar-refractivity contribution in [3.05, 3.63) is 65.3 Å². The van der Waals surface area contributed by atoms with Crippen LogP contribution in [-0.2, 0) is 11.2 Å². The van der Waals surface area contributed by atoms with Gasteiger partial charge in [0, 0.05) is 36.1 Å². The Kier molecular flexibility index (Phi) is 4.17. The Hall–Kier alpha value is -2.66. The zero-order chi connectivity index (χ0) is 18.2. The smallest absolute Gasteiger partial charge is 0.227 e. The Morgan fingerprint density at radius 2 is 2.04 bits per heavy atom. The van der Waals surface area contributed by atoms with Crippen LogP contribution < -0.4 is 0 Å². The minimum absolute atomic E-state index is 0.213. The third kappa shape index (κ3) is 3.12. The lowest BCUT2D eigenvalue weighted by Gasteiger charge is -2.32. The van der Waals surface area contributed by atoms with Gasteiger partial charge >= 0.3 is 0 Å². The Morgan fingerprint density at radius 3 is 2.96 bits per heavy atom. The largest absolute Gasteiger partial charge is 0.361 e. The maximum atomic E-state index is 13.0. The average Bonchev–Trinajstić information content (AvgIpc) is 3.32.